The SMILES string of the molecule is CCCOc1ccc(C(=O)C2CCCCC2N)cc1. The molecule has 2 N–H and O–H groups in total. The minimum atomic E-state index is -0.00356. The Morgan fingerprint density at radius 3 is 2.58 bits per heavy atom. The summed E-state index contributed by atoms with van der Waals surface area (Å²) in [6.45, 7) is 2.78. The van der Waals surface area contributed by atoms with Gasteiger partial charge < -0.3 is 10.5 Å². The van der Waals surface area contributed by atoms with Gasteiger partial charge in [0.15, 0.2) is 5.78 Å². The molecule has 0 spiro atoms. The van der Waals surface area contributed by atoms with Gasteiger partial charge in [-0.1, -0.05) is 19.8 Å². The average molecular weight is 261 g/mol. The number of nitrogens with two attached hydrogens (primary N) is 1. The lowest BCUT2D eigenvalue weighted by molar-refractivity contribution is 0.0871. The zero-order chi connectivity index (χ0) is 13.7. The molecule has 0 aromatic heterocycles. The van der Waals surface area contributed by atoms with E-state index in [2.05, 4.69) is 6.92 Å². The van der Waals surface area contributed by atoms with Crippen LogP contribution in [0.4, 0.5) is 0 Å². The average Bonchev–Trinajstić information content (AvgIpc) is 2.45. The maximum Gasteiger partial charge on any atom is 0.167 e. The Kier molecular flexibility index (Phi) is 4.97. The second-order valence-corrected chi connectivity index (χ2v) is 5.29. The number of ether oxygens (including phenoxy) is 1. The van der Waals surface area contributed by atoms with Gasteiger partial charge in [-0.2, -0.15) is 0 Å². The normalized spacial score (nSPS) is 23.1. The van der Waals surface area contributed by atoms with Crippen LogP contribution in [0.15, 0.2) is 24.3 Å². The van der Waals surface area contributed by atoms with Crippen LogP contribution in [0, 0.1) is 5.92 Å². The summed E-state index contributed by atoms with van der Waals surface area (Å²) in [5.41, 5.74) is 6.82. The van der Waals surface area contributed by atoms with E-state index in [-0.39, 0.29) is 17.7 Å². The van der Waals surface area contributed by atoms with E-state index >= 15 is 0 Å². The van der Waals surface area contributed by atoms with E-state index in [4.69, 9.17) is 10.5 Å². The molecule has 2 atom stereocenters. The monoisotopic (exact) mass is 261 g/mol. The molecule has 1 saturated carbocycles. The molecule has 1 fully saturated rings. The van der Waals surface area contributed by atoms with Crippen LogP contribution in [0.25, 0.3) is 0 Å². The van der Waals surface area contributed by atoms with E-state index in [0.29, 0.717) is 6.61 Å². The lowest BCUT2D eigenvalue weighted by Crippen LogP contribution is -2.38. The van der Waals surface area contributed by atoms with Crippen LogP contribution in [0.3, 0.4) is 0 Å². The number of carbonyl (C=O) groups excluding carboxylic acids is 1. The van der Waals surface area contributed by atoms with E-state index in [9.17, 15) is 4.79 Å². The van der Waals surface area contributed by atoms with Gasteiger partial charge >= 0.3 is 0 Å². The highest BCUT2D eigenvalue weighted by molar-refractivity contribution is 5.98. The first-order valence-electron chi connectivity index (χ1n) is 7.25. The summed E-state index contributed by atoms with van der Waals surface area (Å²) < 4.78 is 5.52. The molecule has 0 aliphatic heterocycles. The van der Waals surface area contributed by atoms with Gasteiger partial charge in [0.2, 0.25) is 0 Å². The molecule has 1 aromatic carbocycles. The second kappa shape index (κ2) is 6.71. The summed E-state index contributed by atoms with van der Waals surface area (Å²) in [7, 11) is 0. The molecule has 2 rings (SSSR count). The number of ketones is 1. The molecule has 0 heterocycles. The molecule has 104 valence electrons. The second-order valence-electron chi connectivity index (χ2n) is 5.29. The Morgan fingerprint density at radius 2 is 1.95 bits per heavy atom. The Labute approximate surface area is 115 Å². The maximum absolute atomic E-state index is 12.4. The highest BCUT2D eigenvalue weighted by Crippen LogP contribution is 2.26. The fourth-order valence-electron chi connectivity index (χ4n) is 2.63. The molecule has 1 aromatic rings. The van der Waals surface area contributed by atoms with Crippen molar-refractivity contribution in [3.05, 3.63) is 29.8 Å². The third-order valence-corrected chi connectivity index (χ3v) is 3.77. The number of Topliss-reactive ketones (excluding diaryl/α,β-unsaturated/α-hetero) is 1. The van der Waals surface area contributed by atoms with E-state index in [1.807, 2.05) is 24.3 Å². The smallest absolute Gasteiger partial charge is 0.167 e. The molecule has 0 radical (unpaired) electrons. The lowest BCUT2D eigenvalue weighted by atomic mass is 9.80. The van der Waals surface area contributed by atoms with Gasteiger partial charge in [0.1, 0.15) is 5.75 Å². The van der Waals surface area contributed by atoms with Crippen molar-refractivity contribution in [1.82, 2.24) is 0 Å². The summed E-state index contributed by atoms with van der Waals surface area (Å²) in [5.74, 6) is 1.01. The lowest BCUT2D eigenvalue weighted by Gasteiger charge is -2.27. The van der Waals surface area contributed by atoms with E-state index in [1.54, 1.807) is 0 Å². The van der Waals surface area contributed by atoms with Crippen molar-refractivity contribution in [3.8, 4) is 5.75 Å². The molecule has 3 nitrogen and oxygen atoms in total. The van der Waals surface area contributed by atoms with Crippen molar-refractivity contribution in [1.29, 1.82) is 0 Å². The van der Waals surface area contributed by atoms with Gasteiger partial charge in [-0.3, -0.25) is 4.79 Å². The number of hydrogen-bond donors (Lipinski definition) is 1. The first-order valence-corrected chi connectivity index (χ1v) is 7.25. The number of benzene rings is 1. The summed E-state index contributed by atoms with van der Waals surface area (Å²) in [4.78, 5) is 12.4. The first kappa shape index (κ1) is 14.1. The molecule has 1 aliphatic rings. The Balaban J connectivity index is 2.02. The van der Waals surface area contributed by atoms with Crippen molar-refractivity contribution in [3.63, 3.8) is 0 Å². The van der Waals surface area contributed by atoms with E-state index < -0.39 is 0 Å². The van der Waals surface area contributed by atoms with Crippen molar-refractivity contribution < 1.29 is 9.53 Å². The Morgan fingerprint density at radius 1 is 1.26 bits per heavy atom. The largest absolute Gasteiger partial charge is 0.494 e. The number of rotatable bonds is 5. The molecular formula is C16H23NO2. The summed E-state index contributed by atoms with van der Waals surface area (Å²) in [6, 6.07) is 7.48. The van der Waals surface area contributed by atoms with Crippen LogP contribution in [0.1, 0.15) is 49.4 Å². The standard InChI is InChI=1S/C16H23NO2/c1-2-11-19-13-9-7-12(8-10-13)16(18)14-5-3-4-6-15(14)17/h7-10,14-15H,2-6,11,17H2,1H3. The third-order valence-electron chi connectivity index (χ3n) is 3.77. The molecule has 0 amide bonds. The van der Waals surface area contributed by atoms with Crippen molar-refractivity contribution in [2.45, 2.75) is 45.1 Å². The Hall–Kier alpha value is -1.35. The number of hydrogen-bond acceptors (Lipinski definition) is 3. The molecule has 0 saturated heterocycles. The summed E-state index contributed by atoms with van der Waals surface area (Å²) in [6.07, 6.45) is 5.14. The van der Waals surface area contributed by atoms with Gasteiger partial charge in [-0.25, -0.2) is 0 Å². The van der Waals surface area contributed by atoms with Gasteiger partial charge in [0.05, 0.1) is 6.61 Å². The minimum absolute atomic E-state index is 0.00356. The van der Waals surface area contributed by atoms with Crippen LogP contribution < -0.4 is 10.5 Å². The highest BCUT2D eigenvalue weighted by atomic mass is 16.5. The van der Waals surface area contributed by atoms with Crippen molar-refractivity contribution >= 4 is 5.78 Å². The van der Waals surface area contributed by atoms with Gasteiger partial charge in [0.25, 0.3) is 0 Å². The van der Waals surface area contributed by atoms with Crippen LogP contribution in [-0.4, -0.2) is 18.4 Å². The van der Waals surface area contributed by atoms with E-state index in [1.165, 1.54) is 0 Å². The van der Waals surface area contributed by atoms with Gasteiger partial charge in [-0.05, 0) is 43.5 Å². The fourth-order valence-corrected chi connectivity index (χ4v) is 2.63. The van der Waals surface area contributed by atoms with Gasteiger partial charge in [0, 0.05) is 17.5 Å². The predicted molar refractivity (Wildman–Crippen MR) is 76.5 cm³/mol. The summed E-state index contributed by atoms with van der Waals surface area (Å²) in [5, 5.41) is 0. The molecule has 3 heteroatoms. The topological polar surface area (TPSA) is 52.3 Å². The predicted octanol–water partition coefficient (Wildman–Crippen LogP) is 3.18. The Bertz CT molecular complexity index is 413. The zero-order valence-corrected chi connectivity index (χ0v) is 11.6. The van der Waals surface area contributed by atoms with Gasteiger partial charge in [-0.15, -0.1) is 0 Å². The third kappa shape index (κ3) is 3.57. The first-order chi connectivity index (χ1) is 9.22. The van der Waals surface area contributed by atoms with Crippen LogP contribution in [0.5, 0.6) is 5.75 Å². The van der Waals surface area contributed by atoms with Crippen LogP contribution >= 0.6 is 0 Å². The molecule has 0 bridgehead atoms. The number of carbonyl (C=O) groups is 1. The van der Waals surface area contributed by atoms with Crippen LogP contribution in [-0.2, 0) is 0 Å². The highest BCUT2D eigenvalue weighted by Gasteiger charge is 2.28. The molecule has 1 aliphatic carbocycles. The maximum atomic E-state index is 12.4. The molecular weight excluding hydrogens is 238 g/mol. The minimum Gasteiger partial charge on any atom is -0.494 e. The van der Waals surface area contributed by atoms with Crippen LogP contribution in [0.2, 0.25) is 0 Å². The molecule has 2 unspecified atom stereocenters. The van der Waals surface area contributed by atoms with Crippen molar-refractivity contribution in [2.75, 3.05) is 6.61 Å². The quantitative estimate of drug-likeness (QED) is 0.828. The summed E-state index contributed by atoms with van der Waals surface area (Å²) >= 11 is 0. The van der Waals surface area contributed by atoms with Crippen molar-refractivity contribution in [2.24, 2.45) is 11.7 Å². The fraction of sp³-hybridized carbons (Fsp3) is 0.562. The molecule has 19 heavy (non-hydrogen) atoms. The zero-order valence-electron chi connectivity index (χ0n) is 11.6. The van der Waals surface area contributed by atoms with E-state index in [0.717, 1.165) is 43.4 Å².